The van der Waals surface area contributed by atoms with Crippen LogP contribution in [0, 0.1) is 0 Å². The van der Waals surface area contributed by atoms with Gasteiger partial charge < -0.3 is 32.3 Å². The number of carboxylic acids is 1. The number of aliphatic hydroxyl groups is 1. The van der Waals surface area contributed by atoms with Crippen LogP contribution in [-0.4, -0.2) is 77.9 Å². The fraction of sp³-hybridized carbons (Fsp3) is 0.636. The van der Waals surface area contributed by atoms with Crippen LogP contribution in [0.5, 0.6) is 0 Å². The van der Waals surface area contributed by atoms with Gasteiger partial charge in [0.05, 0.1) is 19.2 Å². The van der Waals surface area contributed by atoms with E-state index in [1.807, 2.05) is 5.32 Å². The molecule has 0 radical (unpaired) electrons. The van der Waals surface area contributed by atoms with Crippen molar-refractivity contribution in [3.8, 4) is 0 Å². The average molecular weight is 334 g/mol. The zero-order valence-electron chi connectivity index (χ0n) is 12.6. The van der Waals surface area contributed by atoms with Gasteiger partial charge in [0.25, 0.3) is 0 Å². The maximum atomic E-state index is 11.7. The molecule has 0 saturated heterocycles. The molecule has 0 aromatic rings. The molecule has 0 bridgehead atoms. The van der Waals surface area contributed by atoms with Crippen LogP contribution < -0.4 is 27.5 Å². The summed E-state index contributed by atoms with van der Waals surface area (Å²) < 4.78 is 0. The molecule has 0 aliphatic rings. The number of nitrogens with one attached hydrogen (secondary N) is 3. The summed E-state index contributed by atoms with van der Waals surface area (Å²) in [6.07, 6.45) is -0.248. The summed E-state index contributed by atoms with van der Waals surface area (Å²) in [7, 11) is 1.41. The van der Waals surface area contributed by atoms with E-state index in [1.54, 1.807) is 0 Å². The molecule has 0 aromatic carbocycles. The van der Waals surface area contributed by atoms with Crippen molar-refractivity contribution in [1.29, 1.82) is 0 Å². The Kier molecular flexibility index (Phi) is 9.22. The first-order valence-corrected chi connectivity index (χ1v) is 6.60. The zero-order chi connectivity index (χ0) is 18.0. The standard InChI is InChI=1S/C11H22N6O6/c1-17(9(20)3-12)14-4-6(2-8(13)19)15-11(23)16-7(5-18)10(21)22/h6-7,14,18H,2-5,12H2,1H3,(H2,13,19)(H,21,22)(H2,15,16,23). The number of carboxylic acid groups (broad SMARTS) is 1. The molecule has 0 rings (SSSR count). The highest BCUT2D eigenvalue weighted by Crippen LogP contribution is 1.92. The molecule has 12 heteroatoms. The Morgan fingerprint density at radius 1 is 1.22 bits per heavy atom. The predicted molar refractivity (Wildman–Crippen MR) is 77.6 cm³/mol. The number of nitrogens with zero attached hydrogens (tertiary/aromatic N) is 1. The second-order valence-corrected chi connectivity index (χ2v) is 4.58. The van der Waals surface area contributed by atoms with E-state index in [1.165, 1.54) is 7.05 Å². The number of primary amides is 1. The van der Waals surface area contributed by atoms with Crippen LogP contribution in [0.3, 0.4) is 0 Å². The first kappa shape index (κ1) is 20.6. The van der Waals surface area contributed by atoms with Crippen molar-refractivity contribution in [3.63, 3.8) is 0 Å². The number of hydrogen-bond donors (Lipinski definition) is 7. The van der Waals surface area contributed by atoms with E-state index in [4.69, 9.17) is 21.7 Å². The molecule has 0 aliphatic heterocycles. The normalized spacial score (nSPS) is 12.8. The number of urea groups is 1. The fourth-order valence-corrected chi connectivity index (χ4v) is 1.46. The first-order valence-electron chi connectivity index (χ1n) is 6.60. The number of nitrogens with two attached hydrogens (primary N) is 2. The summed E-state index contributed by atoms with van der Waals surface area (Å²) in [6, 6.07) is -3.21. The summed E-state index contributed by atoms with van der Waals surface area (Å²) >= 11 is 0. The van der Waals surface area contributed by atoms with Crippen LogP contribution in [0.4, 0.5) is 4.79 Å². The third kappa shape index (κ3) is 8.55. The quantitative estimate of drug-likeness (QED) is 0.195. The van der Waals surface area contributed by atoms with Crippen LogP contribution in [0.2, 0.25) is 0 Å². The molecule has 2 unspecified atom stereocenters. The average Bonchev–Trinajstić information content (AvgIpc) is 2.48. The number of hydrazine groups is 1. The highest BCUT2D eigenvalue weighted by Gasteiger charge is 2.21. The second-order valence-electron chi connectivity index (χ2n) is 4.58. The van der Waals surface area contributed by atoms with E-state index in [0.29, 0.717) is 0 Å². The number of amides is 4. The molecule has 23 heavy (non-hydrogen) atoms. The lowest BCUT2D eigenvalue weighted by Gasteiger charge is -2.23. The van der Waals surface area contributed by atoms with E-state index in [-0.39, 0.29) is 19.5 Å². The number of carbonyl (C=O) groups is 4. The minimum absolute atomic E-state index is 0.0323. The van der Waals surface area contributed by atoms with Gasteiger partial charge in [0.15, 0.2) is 6.04 Å². The van der Waals surface area contributed by atoms with E-state index in [9.17, 15) is 19.2 Å². The largest absolute Gasteiger partial charge is 0.480 e. The number of carbonyl (C=O) groups excluding carboxylic acids is 3. The summed E-state index contributed by atoms with van der Waals surface area (Å²) in [4.78, 5) is 44.7. The second kappa shape index (κ2) is 10.3. The monoisotopic (exact) mass is 334 g/mol. The summed E-state index contributed by atoms with van der Waals surface area (Å²) in [6.45, 7) is -1.06. The summed E-state index contributed by atoms with van der Waals surface area (Å²) in [5, 5.41) is 23.0. The minimum Gasteiger partial charge on any atom is -0.480 e. The minimum atomic E-state index is -1.49. The van der Waals surface area contributed by atoms with Gasteiger partial charge in [-0.15, -0.1) is 0 Å². The molecule has 0 aliphatic carbocycles. The van der Waals surface area contributed by atoms with Gasteiger partial charge in [0.1, 0.15) is 0 Å². The van der Waals surface area contributed by atoms with Crippen LogP contribution in [0.25, 0.3) is 0 Å². The van der Waals surface area contributed by atoms with Crippen LogP contribution in [-0.2, 0) is 14.4 Å². The molecule has 12 nitrogen and oxygen atoms in total. The molecule has 4 amide bonds. The maximum absolute atomic E-state index is 11.7. The van der Waals surface area contributed by atoms with Gasteiger partial charge >= 0.3 is 12.0 Å². The zero-order valence-corrected chi connectivity index (χ0v) is 12.6. The molecule has 2 atom stereocenters. The van der Waals surface area contributed by atoms with Crippen LogP contribution in [0.1, 0.15) is 6.42 Å². The molecule has 0 saturated carbocycles. The Labute approximate surface area is 132 Å². The highest BCUT2D eigenvalue weighted by molar-refractivity contribution is 5.83. The Morgan fingerprint density at radius 3 is 2.26 bits per heavy atom. The molecule has 0 spiro atoms. The lowest BCUT2D eigenvalue weighted by atomic mass is 10.2. The predicted octanol–water partition coefficient (Wildman–Crippen LogP) is -4.10. The lowest BCUT2D eigenvalue weighted by Crippen LogP contribution is -2.55. The third-order valence-electron chi connectivity index (χ3n) is 2.69. The van der Waals surface area contributed by atoms with E-state index >= 15 is 0 Å². The Morgan fingerprint density at radius 2 is 1.83 bits per heavy atom. The topological polar surface area (TPSA) is 200 Å². The molecule has 0 aromatic heterocycles. The molecule has 9 N–H and O–H groups in total. The number of aliphatic carboxylic acids is 1. The van der Waals surface area contributed by atoms with Crippen molar-refractivity contribution >= 4 is 23.8 Å². The van der Waals surface area contributed by atoms with E-state index in [2.05, 4.69) is 10.7 Å². The Hall–Kier alpha value is -2.44. The van der Waals surface area contributed by atoms with Crippen molar-refractivity contribution in [2.75, 3.05) is 26.7 Å². The van der Waals surface area contributed by atoms with Gasteiger partial charge in [-0.05, 0) is 0 Å². The van der Waals surface area contributed by atoms with Gasteiger partial charge in [-0.25, -0.2) is 15.0 Å². The van der Waals surface area contributed by atoms with Gasteiger partial charge in [0, 0.05) is 20.0 Å². The summed E-state index contributed by atoms with van der Waals surface area (Å²) in [5.41, 5.74) is 12.9. The first-order chi connectivity index (χ1) is 10.7. The van der Waals surface area contributed by atoms with Crippen molar-refractivity contribution in [2.24, 2.45) is 11.5 Å². The Bertz CT molecular complexity index is 445. The molecule has 132 valence electrons. The van der Waals surface area contributed by atoms with Gasteiger partial charge in [-0.1, -0.05) is 0 Å². The highest BCUT2D eigenvalue weighted by atomic mass is 16.4. The number of likely N-dealkylation sites (N-methyl/N-ethyl adjacent to an activating group) is 1. The third-order valence-corrected chi connectivity index (χ3v) is 2.69. The van der Waals surface area contributed by atoms with Crippen molar-refractivity contribution in [2.45, 2.75) is 18.5 Å². The fourth-order valence-electron chi connectivity index (χ4n) is 1.46. The van der Waals surface area contributed by atoms with Crippen molar-refractivity contribution in [3.05, 3.63) is 0 Å². The molecular formula is C11H22N6O6. The van der Waals surface area contributed by atoms with Gasteiger partial charge in [-0.2, -0.15) is 0 Å². The lowest BCUT2D eigenvalue weighted by molar-refractivity contribution is -0.140. The van der Waals surface area contributed by atoms with Crippen molar-refractivity contribution < 1.29 is 29.4 Å². The molecule has 0 fully saturated rings. The van der Waals surface area contributed by atoms with Crippen LogP contribution in [0.15, 0.2) is 0 Å². The van der Waals surface area contributed by atoms with E-state index in [0.717, 1.165) is 5.01 Å². The maximum Gasteiger partial charge on any atom is 0.328 e. The Balaban J connectivity index is 4.60. The smallest absolute Gasteiger partial charge is 0.328 e. The van der Waals surface area contributed by atoms with Crippen molar-refractivity contribution in [1.82, 2.24) is 21.1 Å². The molecule has 0 heterocycles. The van der Waals surface area contributed by atoms with Gasteiger partial charge in [-0.3, -0.25) is 14.6 Å². The summed E-state index contributed by atoms with van der Waals surface area (Å²) in [5.74, 6) is -2.54. The van der Waals surface area contributed by atoms with E-state index < -0.39 is 42.5 Å². The number of rotatable bonds is 10. The number of aliphatic hydroxyl groups excluding tert-OH is 1. The van der Waals surface area contributed by atoms with Crippen LogP contribution >= 0.6 is 0 Å². The van der Waals surface area contributed by atoms with Gasteiger partial charge in [0.2, 0.25) is 11.8 Å². The SMILES string of the molecule is CN(NCC(CC(N)=O)NC(=O)NC(CO)C(=O)O)C(=O)CN. The molecular weight excluding hydrogens is 312 g/mol. The number of hydrogen-bond acceptors (Lipinski definition) is 7.